The van der Waals surface area contributed by atoms with Crippen molar-refractivity contribution in [1.82, 2.24) is 14.8 Å². The van der Waals surface area contributed by atoms with Crippen molar-refractivity contribution in [2.75, 3.05) is 0 Å². The molecule has 0 saturated heterocycles. The Morgan fingerprint density at radius 2 is 2.24 bits per heavy atom. The number of aryl methyl sites for hydroxylation is 2. The standard InChI is InChI=1S/C12H14FN3O/c1-3-16-12(14-8-15-16)7-17-10-5-4-9(2)11(13)6-10/h4-6,8H,3,7H2,1-2H3. The molecule has 1 aromatic carbocycles. The molecule has 2 rings (SSSR count). The van der Waals surface area contributed by atoms with Crippen molar-refractivity contribution in [1.29, 1.82) is 0 Å². The van der Waals surface area contributed by atoms with Gasteiger partial charge in [-0.3, -0.25) is 0 Å². The molecular weight excluding hydrogens is 221 g/mol. The fourth-order valence-electron chi connectivity index (χ4n) is 1.48. The molecule has 1 aromatic heterocycles. The van der Waals surface area contributed by atoms with Crippen molar-refractivity contribution in [3.63, 3.8) is 0 Å². The van der Waals surface area contributed by atoms with Crippen LogP contribution in [0.1, 0.15) is 18.3 Å². The molecule has 0 aliphatic carbocycles. The van der Waals surface area contributed by atoms with Crippen molar-refractivity contribution >= 4 is 0 Å². The molecule has 90 valence electrons. The molecule has 0 spiro atoms. The van der Waals surface area contributed by atoms with Gasteiger partial charge < -0.3 is 4.74 Å². The first-order valence-corrected chi connectivity index (χ1v) is 5.46. The lowest BCUT2D eigenvalue weighted by Gasteiger charge is -2.07. The van der Waals surface area contributed by atoms with Crippen LogP contribution in [0.2, 0.25) is 0 Å². The van der Waals surface area contributed by atoms with Gasteiger partial charge >= 0.3 is 0 Å². The van der Waals surface area contributed by atoms with Crippen molar-refractivity contribution in [3.05, 3.63) is 41.7 Å². The first-order valence-electron chi connectivity index (χ1n) is 5.46. The van der Waals surface area contributed by atoms with Crippen molar-refractivity contribution in [2.45, 2.75) is 27.0 Å². The van der Waals surface area contributed by atoms with E-state index in [0.717, 1.165) is 12.4 Å². The number of halogens is 1. The molecule has 0 aliphatic heterocycles. The van der Waals surface area contributed by atoms with E-state index in [1.165, 1.54) is 12.4 Å². The van der Waals surface area contributed by atoms with Crippen LogP contribution < -0.4 is 4.74 Å². The van der Waals surface area contributed by atoms with Crippen LogP contribution in [-0.4, -0.2) is 14.8 Å². The number of nitrogens with zero attached hydrogens (tertiary/aromatic N) is 3. The van der Waals surface area contributed by atoms with Crippen LogP contribution in [-0.2, 0) is 13.2 Å². The average molecular weight is 235 g/mol. The lowest BCUT2D eigenvalue weighted by atomic mass is 10.2. The molecule has 17 heavy (non-hydrogen) atoms. The average Bonchev–Trinajstić information content (AvgIpc) is 2.78. The van der Waals surface area contributed by atoms with Gasteiger partial charge in [-0.15, -0.1) is 0 Å². The predicted octanol–water partition coefficient (Wildman–Crippen LogP) is 2.32. The minimum absolute atomic E-state index is 0.264. The maximum absolute atomic E-state index is 13.3. The molecule has 0 N–H and O–H groups in total. The van der Waals surface area contributed by atoms with Crippen molar-refractivity contribution in [3.8, 4) is 5.75 Å². The van der Waals surface area contributed by atoms with Crippen LogP contribution in [0.4, 0.5) is 4.39 Å². The third kappa shape index (κ3) is 2.61. The maximum atomic E-state index is 13.3. The van der Waals surface area contributed by atoms with Gasteiger partial charge in [0, 0.05) is 12.6 Å². The Bertz CT molecular complexity index is 510. The fraction of sp³-hybridized carbons (Fsp3) is 0.333. The van der Waals surface area contributed by atoms with E-state index in [4.69, 9.17) is 4.74 Å². The normalized spacial score (nSPS) is 10.5. The van der Waals surface area contributed by atoms with Gasteiger partial charge in [0.2, 0.25) is 0 Å². The second-order valence-corrected chi connectivity index (χ2v) is 3.69. The topological polar surface area (TPSA) is 39.9 Å². The minimum Gasteiger partial charge on any atom is -0.486 e. The molecule has 0 fully saturated rings. The van der Waals surface area contributed by atoms with Crippen LogP contribution in [0.15, 0.2) is 24.5 Å². The summed E-state index contributed by atoms with van der Waals surface area (Å²) < 4.78 is 20.5. The van der Waals surface area contributed by atoms with Gasteiger partial charge in [-0.2, -0.15) is 5.10 Å². The SMILES string of the molecule is CCn1ncnc1COc1ccc(C)c(F)c1. The van der Waals surface area contributed by atoms with Gasteiger partial charge in [0.1, 0.15) is 24.5 Å². The summed E-state index contributed by atoms with van der Waals surface area (Å²) >= 11 is 0. The molecule has 0 atom stereocenters. The Balaban J connectivity index is 2.05. The van der Waals surface area contributed by atoms with Crippen LogP contribution in [0.3, 0.4) is 0 Å². The zero-order valence-corrected chi connectivity index (χ0v) is 9.85. The molecule has 0 amide bonds. The van der Waals surface area contributed by atoms with E-state index in [-0.39, 0.29) is 12.4 Å². The number of benzene rings is 1. The van der Waals surface area contributed by atoms with Crippen LogP contribution >= 0.6 is 0 Å². The molecule has 0 aliphatic rings. The Labute approximate surface area is 99.1 Å². The second-order valence-electron chi connectivity index (χ2n) is 3.69. The van der Waals surface area contributed by atoms with Gasteiger partial charge in [-0.25, -0.2) is 14.1 Å². The van der Waals surface area contributed by atoms with Gasteiger partial charge in [-0.1, -0.05) is 6.07 Å². The van der Waals surface area contributed by atoms with Crippen LogP contribution in [0.5, 0.6) is 5.75 Å². The number of aromatic nitrogens is 3. The first-order chi connectivity index (χ1) is 8.20. The third-order valence-electron chi connectivity index (χ3n) is 2.51. The summed E-state index contributed by atoms with van der Waals surface area (Å²) in [6.45, 7) is 4.72. The molecule has 1 heterocycles. The summed E-state index contributed by atoms with van der Waals surface area (Å²) in [7, 11) is 0. The van der Waals surface area contributed by atoms with E-state index in [2.05, 4.69) is 10.1 Å². The van der Waals surface area contributed by atoms with E-state index in [1.54, 1.807) is 23.7 Å². The Kier molecular flexibility index (Phi) is 3.37. The number of rotatable bonds is 4. The predicted molar refractivity (Wildman–Crippen MR) is 61.2 cm³/mol. The number of hydrogen-bond acceptors (Lipinski definition) is 3. The smallest absolute Gasteiger partial charge is 0.164 e. The highest BCUT2D eigenvalue weighted by Gasteiger charge is 2.05. The highest BCUT2D eigenvalue weighted by molar-refractivity contribution is 5.28. The van der Waals surface area contributed by atoms with Crippen LogP contribution in [0.25, 0.3) is 0 Å². The molecule has 0 unspecified atom stereocenters. The van der Waals surface area contributed by atoms with Gasteiger partial charge in [-0.05, 0) is 25.5 Å². The summed E-state index contributed by atoms with van der Waals surface area (Å²) in [5, 5.41) is 4.03. The quantitative estimate of drug-likeness (QED) is 0.816. The zero-order chi connectivity index (χ0) is 12.3. The Morgan fingerprint density at radius 1 is 1.41 bits per heavy atom. The van der Waals surface area contributed by atoms with E-state index in [0.29, 0.717) is 11.3 Å². The lowest BCUT2D eigenvalue weighted by molar-refractivity contribution is 0.286. The van der Waals surface area contributed by atoms with Crippen molar-refractivity contribution in [2.24, 2.45) is 0 Å². The van der Waals surface area contributed by atoms with E-state index < -0.39 is 0 Å². The molecule has 0 radical (unpaired) electrons. The van der Waals surface area contributed by atoms with E-state index >= 15 is 0 Å². The van der Waals surface area contributed by atoms with Gasteiger partial charge in [0.05, 0.1) is 0 Å². The van der Waals surface area contributed by atoms with Crippen molar-refractivity contribution < 1.29 is 9.13 Å². The molecule has 0 bridgehead atoms. The largest absolute Gasteiger partial charge is 0.486 e. The highest BCUT2D eigenvalue weighted by Crippen LogP contribution is 2.16. The number of hydrogen-bond donors (Lipinski definition) is 0. The minimum atomic E-state index is -0.264. The summed E-state index contributed by atoms with van der Waals surface area (Å²) in [6, 6.07) is 4.81. The molecule has 4 nitrogen and oxygen atoms in total. The maximum Gasteiger partial charge on any atom is 0.164 e. The summed E-state index contributed by atoms with van der Waals surface area (Å²) in [6.07, 6.45) is 1.48. The summed E-state index contributed by atoms with van der Waals surface area (Å²) in [5.41, 5.74) is 0.606. The highest BCUT2D eigenvalue weighted by atomic mass is 19.1. The van der Waals surface area contributed by atoms with E-state index in [9.17, 15) is 4.39 Å². The summed E-state index contributed by atoms with van der Waals surface area (Å²) in [5.74, 6) is 0.965. The third-order valence-corrected chi connectivity index (χ3v) is 2.51. The molecule has 5 heteroatoms. The van der Waals surface area contributed by atoms with Crippen LogP contribution in [0, 0.1) is 12.7 Å². The lowest BCUT2D eigenvalue weighted by Crippen LogP contribution is -2.07. The summed E-state index contributed by atoms with van der Waals surface area (Å²) in [4.78, 5) is 4.08. The number of ether oxygens (including phenoxy) is 1. The first kappa shape index (κ1) is 11.6. The van der Waals surface area contributed by atoms with Gasteiger partial charge in [0.15, 0.2) is 5.82 Å². The van der Waals surface area contributed by atoms with Gasteiger partial charge in [0.25, 0.3) is 0 Å². The zero-order valence-electron chi connectivity index (χ0n) is 9.85. The molecular formula is C12H14FN3O. The Hall–Kier alpha value is -1.91. The monoisotopic (exact) mass is 235 g/mol. The molecule has 0 saturated carbocycles. The van der Waals surface area contributed by atoms with E-state index in [1.807, 2.05) is 6.92 Å². The molecule has 2 aromatic rings. The second kappa shape index (κ2) is 4.95. The Morgan fingerprint density at radius 3 is 2.94 bits per heavy atom. The fourth-order valence-corrected chi connectivity index (χ4v) is 1.48.